The number of carbonyl (C=O) groups excluding carboxylic acids is 1. The van der Waals surface area contributed by atoms with Crippen LogP contribution in [0.4, 0.5) is 10.1 Å². The Hall–Kier alpha value is -2.80. The van der Waals surface area contributed by atoms with Gasteiger partial charge in [0.15, 0.2) is 0 Å². The van der Waals surface area contributed by atoms with Gasteiger partial charge in [0.25, 0.3) is 11.6 Å². The first kappa shape index (κ1) is 17.0. The second kappa shape index (κ2) is 6.60. The number of hydrogen-bond acceptors (Lipinski definition) is 4. The highest BCUT2D eigenvalue weighted by atomic mass is 19.1. The van der Waals surface area contributed by atoms with Gasteiger partial charge in [0.05, 0.1) is 17.5 Å². The van der Waals surface area contributed by atoms with E-state index in [2.05, 4.69) is 5.32 Å². The van der Waals surface area contributed by atoms with E-state index in [1.807, 2.05) is 24.3 Å². The first-order chi connectivity index (χ1) is 11.9. The van der Waals surface area contributed by atoms with Gasteiger partial charge in [0.2, 0.25) is 0 Å². The Morgan fingerprint density at radius 2 is 2.08 bits per heavy atom. The Morgan fingerprint density at radius 3 is 2.84 bits per heavy atom. The monoisotopic (exact) mass is 344 g/mol. The van der Waals surface area contributed by atoms with E-state index in [1.165, 1.54) is 0 Å². The van der Waals surface area contributed by atoms with Crippen molar-refractivity contribution in [2.45, 2.75) is 24.9 Å². The Kier molecular flexibility index (Phi) is 4.50. The van der Waals surface area contributed by atoms with Gasteiger partial charge in [-0.1, -0.05) is 24.3 Å². The maximum Gasteiger partial charge on any atom is 0.285 e. The van der Waals surface area contributed by atoms with Gasteiger partial charge in [-0.05, 0) is 42.5 Å². The molecule has 0 saturated heterocycles. The predicted octanol–water partition coefficient (Wildman–Crippen LogP) is 2.69. The van der Waals surface area contributed by atoms with Crippen LogP contribution in [0, 0.1) is 15.9 Å². The molecule has 2 aromatic carbocycles. The minimum absolute atomic E-state index is 0.0720. The van der Waals surface area contributed by atoms with Crippen LogP contribution in [0.3, 0.4) is 0 Å². The summed E-state index contributed by atoms with van der Waals surface area (Å²) in [6, 6.07) is 10.2. The highest BCUT2D eigenvalue weighted by Gasteiger charge is 2.35. The van der Waals surface area contributed by atoms with E-state index in [0.717, 1.165) is 36.1 Å². The molecule has 3 rings (SSSR count). The smallest absolute Gasteiger partial charge is 0.285 e. The number of fused-ring (bicyclic) bond motifs is 1. The third-order valence-corrected chi connectivity index (χ3v) is 4.50. The van der Waals surface area contributed by atoms with Crippen molar-refractivity contribution in [1.29, 1.82) is 0 Å². The van der Waals surface area contributed by atoms with Gasteiger partial charge in [-0.3, -0.25) is 14.9 Å². The summed E-state index contributed by atoms with van der Waals surface area (Å²) in [6.45, 7) is -0.0720. The van der Waals surface area contributed by atoms with Gasteiger partial charge >= 0.3 is 0 Å². The number of nitro benzene ring substituents is 1. The number of amides is 1. The highest BCUT2D eigenvalue weighted by molar-refractivity contribution is 5.98. The Bertz CT molecular complexity index is 840. The molecule has 130 valence electrons. The fourth-order valence-electron chi connectivity index (χ4n) is 3.25. The third-order valence-electron chi connectivity index (χ3n) is 4.50. The van der Waals surface area contributed by atoms with Crippen LogP contribution in [-0.4, -0.2) is 22.5 Å². The van der Waals surface area contributed by atoms with Gasteiger partial charge in [-0.15, -0.1) is 0 Å². The maximum absolute atomic E-state index is 13.2. The predicted molar refractivity (Wildman–Crippen MR) is 88.7 cm³/mol. The molecule has 1 atom stereocenters. The number of nitrogens with one attached hydrogen (secondary N) is 1. The molecule has 6 nitrogen and oxygen atoms in total. The quantitative estimate of drug-likeness (QED) is 0.659. The number of benzene rings is 2. The molecule has 0 heterocycles. The molecule has 2 aromatic rings. The molecule has 1 aliphatic carbocycles. The zero-order chi connectivity index (χ0) is 18.0. The SMILES string of the molecule is O=C(NCC1(O)CCCc2ccccc21)c1ccc(F)cc1[N+](=O)[O-]. The van der Waals surface area contributed by atoms with Crippen LogP contribution in [-0.2, 0) is 12.0 Å². The number of aliphatic hydroxyl groups is 1. The van der Waals surface area contributed by atoms with Gasteiger partial charge in [0, 0.05) is 0 Å². The fraction of sp³-hybridized carbons (Fsp3) is 0.278. The third kappa shape index (κ3) is 3.36. The molecule has 0 aromatic heterocycles. The van der Waals surface area contributed by atoms with E-state index in [4.69, 9.17) is 0 Å². The Labute approximate surface area is 143 Å². The molecule has 0 spiro atoms. The average Bonchev–Trinajstić information content (AvgIpc) is 2.60. The number of nitrogens with zero attached hydrogens (tertiary/aromatic N) is 1. The van der Waals surface area contributed by atoms with Crippen molar-refractivity contribution in [3.63, 3.8) is 0 Å². The van der Waals surface area contributed by atoms with Gasteiger partial charge in [0.1, 0.15) is 17.0 Å². The first-order valence-corrected chi connectivity index (χ1v) is 7.94. The second-order valence-electron chi connectivity index (χ2n) is 6.14. The molecule has 0 fully saturated rings. The van der Waals surface area contributed by atoms with Gasteiger partial charge in [-0.2, -0.15) is 0 Å². The van der Waals surface area contributed by atoms with Gasteiger partial charge in [-0.25, -0.2) is 4.39 Å². The average molecular weight is 344 g/mol. The molecule has 25 heavy (non-hydrogen) atoms. The van der Waals surface area contributed by atoms with Crippen LogP contribution in [0.1, 0.15) is 34.3 Å². The summed E-state index contributed by atoms with van der Waals surface area (Å²) in [7, 11) is 0. The molecule has 1 aliphatic rings. The number of rotatable bonds is 4. The minimum Gasteiger partial charge on any atom is -0.383 e. The summed E-state index contributed by atoms with van der Waals surface area (Å²) >= 11 is 0. The summed E-state index contributed by atoms with van der Waals surface area (Å²) in [5.41, 5.74) is -0.277. The number of nitro groups is 1. The van der Waals surface area contributed by atoms with Crippen molar-refractivity contribution in [3.8, 4) is 0 Å². The standard InChI is InChI=1S/C18H17FN2O4/c19-13-7-8-14(16(10-13)21(24)25)17(22)20-11-18(23)9-3-5-12-4-1-2-6-15(12)18/h1-2,4,6-8,10,23H,3,5,9,11H2,(H,20,22). The van der Waals surface area contributed by atoms with E-state index in [-0.39, 0.29) is 12.1 Å². The van der Waals surface area contributed by atoms with Crippen molar-refractivity contribution in [2.24, 2.45) is 0 Å². The topological polar surface area (TPSA) is 92.5 Å². The lowest BCUT2D eigenvalue weighted by molar-refractivity contribution is -0.385. The molecular formula is C18H17FN2O4. The molecule has 0 radical (unpaired) electrons. The lowest BCUT2D eigenvalue weighted by Gasteiger charge is -2.34. The highest BCUT2D eigenvalue weighted by Crippen LogP contribution is 2.34. The van der Waals surface area contributed by atoms with E-state index in [9.17, 15) is 24.4 Å². The van der Waals surface area contributed by atoms with Crippen LogP contribution < -0.4 is 5.32 Å². The molecule has 7 heteroatoms. The summed E-state index contributed by atoms with van der Waals surface area (Å²) in [5.74, 6) is -1.51. The van der Waals surface area contributed by atoms with E-state index >= 15 is 0 Å². The summed E-state index contributed by atoms with van der Waals surface area (Å²) < 4.78 is 13.2. The Balaban J connectivity index is 1.81. The number of halogens is 1. The fourth-order valence-corrected chi connectivity index (χ4v) is 3.25. The summed E-state index contributed by atoms with van der Waals surface area (Å²) in [6.07, 6.45) is 2.12. The number of carbonyl (C=O) groups is 1. The van der Waals surface area contributed by atoms with Crippen LogP contribution in [0.15, 0.2) is 42.5 Å². The molecule has 0 bridgehead atoms. The number of hydrogen-bond donors (Lipinski definition) is 2. The van der Waals surface area contributed by atoms with Crippen molar-refractivity contribution in [1.82, 2.24) is 5.32 Å². The van der Waals surface area contributed by atoms with Crippen LogP contribution in [0.25, 0.3) is 0 Å². The van der Waals surface area contributed by atoms with E-state index in [1.54, 1.807) is 0 Å². The van der Waals surface area contributed by atoms with Gasteiger partial charge < -0.3 is 10.4 Å². The largest absolute Gasteiger partial charge is 0.383 e. The summed E-state index contributed by atoms with van der Waals surface area (Å²) in [4.78, 5) is 22.5. The molecule has 2 N–H and O–H groups in total. The normalized spacial score (nSPS) is 19.1. The maximum atomic E-state index is 13.2. The molecule has 0 aliphatic heterocycles. The lowest BCUT2D eigenvalue weighted by atomic mass is 9.79. The molecular weight excluding hydrogens is 327 g/mol. The van der Waals surface area contributed by atoms with Crippen molar-refractivity contribution in [2.75, 3.05) is 6.54 Å². The zero-order valence-corrected chi connectivity index (χ0v) is 13.4. The van der Waals surface area contributed by atoms with E-state index in [0.29, 0.717) is 12.5 Å². The van der Waals surface area contributed by atoms with Crippen molar-refractivity contribution < 1.29 is 19.2 Å². The van der Waals surface area contributed by atoms with Crippen LogP contribution >= 0.6 is 0 Å². The van der Waals surface area contributed by atoms with Crippen molar-refractivity contribution in [3.05, 3.63) is 75.1 Å². The minimum atomic E-state index is -1.22. The first-order valence-electron chi connectivity index (χ1n) is 7.94. The van der Waals surface area contributed by atoms with E-state index < -0.39 is 27.9 Å². The van der Waals surface area contributed by atoms with Crippen LogP contribution in [0.5, 0.6) is 0 Å². The second-order valence-corrected chi connectivity index (χ2v) is 6.14. The Morgan fingerprint density at radius 1 is 1.32 bits per heavy atom. The lowest BCUT2D eigenvalue weighted by Crippen LogP contribution is -2.43. The van der Waals surface area contributed by atoms with Crippen molar-refractivity contribution >= 4 is 11.6 Å². The van der Waals surface area contributed by atoms with Crippen LogP contribution in [0.2, 0.25) is 0 Å². The number of aryl methyl sites for hydroxylation is 1. The molecule has 0 saturated carbocycles. The summed E-state index contributed by atoms with van der Waals surface area (Å²) in [5, 5.41) is 24.5. The molecule has 1 unspecified atom stereocenters. The zero-order valence-electron chi connectivity index (χ0n) is 13.4. The molecule has 1 amide bonds.